The number of fused-ring (bicyclic) bond motifs is 2. The van der Waals surface area contributed by atoms with Gasteiger partial charge in [-0.2, -0.15) is 13.2 Å². The van der Waals surface area contributed by atoms with E-state index in [4.69, 9.17) is 9.15 Å². The Morgan fingerprint density at radius 1 is 0.902 bits per heavy atom. The monoisotopic (exact) mass is 848 g/mol. The molecule has 5 nitrogen and oxygen atoms in total. The molecule has 0 atom stereocenters. The Morgan fingerprint density at radius 3 is 2.27 bits per heavy atom. The van der Waals surface area contributed by atoms with Gasteiger partial charge in [-0.05, 0) is 84.4 Å². The van der Waals surface area contributed by atoms with Gasteiger partial charge in [-0.1, -0.05) is 59.1 Å². The summed E-state index contributed by atoms with van der Waals surface area (Å²) in [7, 11) is 0. The number of ether oxygens (including phenoxy) is 1. The predicted molar refractivity (Wildman–Crippen MR) is 159 cm³/mol. The number of halogens is 7. The van der Waals surface area contributed by atoms with Gasteiger partial charge in [0, 0.05) is 27.4 Å². The Morgan fingerprint density at radius 2 is 1.56 bits per heavy atom. The van der Waals surface area contributed by atoms with Crippen LogP contribution in [0, 0.1) is 0 Å². The summed E-state index contributed by atoms with van der Waals surface area (Å²) in [5.74, 6) is -0.720. The predicted octanol–water partition coefficient (Wildman–Crippen LogP) is 6.75. The third-order valence-electron chi connectivity index (χ3n) is 6.26. The molecule has 0 saturated heterocycles. The van der Waals surface area contributed by atoms with E-state index >= 15 is 0 Å². The minimum atomic E-state index is -4.14. The first kappa shape index (κ1) is 35.2. The van der Waals surface area contributed by atoms with Gasteiger partial charge in [0.15, 0.2) is 5.76 Å². The minimum Gasteiger partial charge on any atom is -0.871 e. The molecule has 0 saturated carbocycles. The van der Waals surface area contributed by atoms with Gasteiger partial charge < -0.3 is 14.3 Å². The second-order valence-corrected chi connectivity index (χ2v) is 12.3. The van der Waals surface area contributed by atoms with Crippen molar-refractivity contribution >= 4 is 80.7 Å². The fourth-order valence-corrected chi connectivity index (χ4v) is 6.76. The summed E-state index contributed by atoms with van der Waals surface area (Å²) < 4.78 is 49.3. The van der Waals surface area contributed by atoms with Crippen molar-refractivity contribution in [3.8, 4) is 28.2 Å². The number of hydrogen-bond donors (Lipinski definition) is 0. The molecule has 0 bridgehead atoms. The van der Waals surface area contributed by atoms with Crippen LogP contribution in [0.2, 0.25) is 0 Å². The van der Waals surface area contributed by atoms with Crippen LogP contribution in [0.25, 0.3) is 33.4 Å². The molecule has 41 heavy (non-hydrogen) atoms. The summed E-state index contributed by atoms with van der Waals surface area (Å²) in [5, 5.41) is 13.2. The largest absolute Gasteiger partial charge is 1.00 e. The standard InChI is InChI=1S/C28H21Br4F3O5.K/c29-18-12-16-20(17-13-19(30)24(37)22(32)26(17)40-25(16)21(31)23(18)36)14-8-4-5-9-15(14)27(38)39-11-7-3-1-2-6-10-28(33,34)35;/h4-5,8-9,12-13,36H,1-3,6-7,10-11H2;/q;+1/p-1. The zero-order valence-electron chi connectivity index (χ0n) is 21.6. The van der Waals surface area contributed by atoms with Crippen molar-refractivity contribution in [3.05, 3.63) is 70.1 Å². The zero-order chi connectivity index (χ0) is 29.2. The maximum Gasteiger partial charge on any atom is 1.00 e. The number of esters is 1. The van der Waals surface area contributed by atoms with E-state index in [0.29, 0.717) is 47.8 Å². The molecule has 1 aliphatic carbocycles. The van der Waals surface area contributed by atoms with Crippen molar-refractivity contribution in [2.45, 2.75) is 44.7 Å². The van der Waals surface area contributed by atoms with Crippen LogP contribution in [0.1, 0.15) is 48.9 Å². The molecule has 1 heterocycles. The summed E-state index contributed by atoms with van der Waals surface area (Å²) in [6.45, 7) is 0.116. The third-order valence-corrected chi connectivity index (χ3v) is 8.88. The molecule has 0 N–H and O–H groups in total. The molecule has 0 aromatic heterocycles. The number of rotatable bonds is 9. The number of carbonyl (C=O) groups excluding carboxylic acids is 1. The summed E-state index contributed by atoms with van der Waals surface area (Å²) in [5.41, 5.74) is 1.69. The molecule has 212 valence electrons. The van der Waals surface area contributed by atoms with E-state index in [0.717, 1.165) is 0 Å². The maximum atomic E-state index is 13.2. The molecular weight excluding hydrogens is 832 g/mol. The summed E-state index contributed by atoms with van der Waals surface area (Å²) in [4.78, 5) is 25.9. The number of alkyl halides is 3. The number of unbranched alkanes of at least 4 members (excludes halogenated alkanes) is 4. The molecule has 0 amide bonds. The van der Waals surface area contributed by atoms with Crippen molar-refractivity contribution in [1.82, 2.24) is 0 Å². The number of benzene rings is 3. The van der Waals surface area contributed by atoms with Gasteiger partial charge in [0.05, 0.1) is 21.1 Å². The van der Waals surface area contributed by atoms with E-state index in [1.165, 1.54) is 0 Å². The summed E-state index contributed by atoms with van der Waals surface area (Å²) in [6.07, 6.45) is -2.60. The molecule has 0 radical (unpaired) electrons. The molecule has 2 aliphatic rings. The van der Waals surface area contributed by atoms with E-state index < -0.39 is 18.6 Å². The molecule has 2 aromatic rings. The van der Waals surface area contributed by atoms with Gasteiger partial charge >= 0.3 is 63.5 Å². The molecular formula is C28H20Br4F3KO5. The van der Waals surface area contributed by atoms with Crippen LogP contribution in [0.3, 0.4) is 0 Å². The van der Waals surface area contributed by atoms with Crippen LogP contribution < -0.4 is 61.9 Å². The third kappa shape index (κ3) is 8.27. The second kappa shape index (κ2) is 15.2. The quantitative estimate of drug-likeness (QED) is 0.0807. The van der Waals surface area contributed by atoms with Gasteiger partial charge in [0.25, 0.3) is 0 Å². The fourth-order valence-electron chi connectivity index (χ4n) is 4.36. The van der Waals surface area contributed by atoms with Gasteiger partial charge in [-0.3, -0.25) is 4.79 Å². The second-order valence-electron chi connectivity index (χ2n) is 9.05. The van der Waals surface area contributed by atoms with Gasteiger partial charge in [0.1, 0.15) is 10.1 Å². The Hall–Kier alpha value is -0.254. The molecule has 0 spiro atoms. The molecule has 2 aromatic carbocycles. The summed E-state index contributed by atoms with van der Waals surface area (Å²) in [6, 6.07) is 10.0. The van der Waals surface area contributed by atoms with Crippen LogP contribution in [0.4, 0.5) is 13.2 Å². The van der Waals surface area contributed by atoms with Crippen LogP contribution in [-0.4, -0.2) is 18.8 Å². The molecule has 0 unspecified atom stereocenters. The van der Waals surface area contributed by atoms with Crippen molar-refractivity contribution in [3.63, 3.8) is 0 Å². The van der Waals surface area contributed by atoms with Crippen molar-refractivity contribution in [2.24, 2.45) is 0 Å². The van der Waals surface area contributed by atoms with E-state index in [1.807, 2.05) is 0 Å². The fraction of sp³-hybridized carbons (Fsp3) is 0.286. The smallest absolute Gasteiger partial charge is 0.871 e. The van der Waals surface area contributed by atoms with Crippen LogP contribution >= 0.6 is 63.7 Å². The van der Waals surface area contributed by atoms with Gasteiger partial charge in [-0.15, -0.1) is 0 Å². The normalized spacial score (nSPS) is 11.6. The topological polar surface area (TPSA) is 79.6 Å². The van der Waals surface area contributed by atoms with E-state index in [9.17, 15) is 27.9 Å². The van der Waals surface area contributed by atoms with Crippen molar-refractivity contribution in [2.75, 3.05) is 6.61 Å². The first-order chi connectivity index (χ1) is 18.9. The molecule has 4 rings (SSSR count). The first-order valence-corrected chi connectivity index (χ1v) is 15.3. The SMILES string of the molecule is O=C(OCCCCCCCC(F)(F)F)c1ccccc1-c1c2cc(Br)c(=O)c(Br)c-2oc2c(Br)c([O-])c(Br)cc12.[K+]. The molecule has 0 fully saturated rings. The average Bonchev–Trinajstić information content (AvgIpc) is 2.90. The average molecular weight is 852 g/mol. The van der Waals surface area contributed by atoms with Gasteiger partial charge in [-0.25, -0.2) is 4.79 Å². The number of carbonyl (C=O) groups is 1. The van der Waals surface area contributed by atoms with Crippen molar-refractivity contribution < 1.29 is 83.6 Å². The zero-order valence-corrected chi connectivity index (χ0v) is 31.1. The Labute approximate surface area is 309 Å². The van der Waals surface area contributed by atoms with Crippen molar-refractivity contribution in [1.29, 1.82) is 0 Å². The molecule has 13 heteroatoms. The maximum absolute atomic E-state index is 13.2. The van der Waals surface area contributed by atoms with Gasteiger partial charge in [0.2, 0.25) is 5.43 Å². The van der Waals surface area contributed by atoms with Crippen LogP contribution in [0.5, 0.6) is 5.75 Å². The van der Waals surface area contributed by atoms with Crippen LogP contribution in [0.15, 0.2) is 63.5 Å². The minimum absolute atomic E-state index is 0. The van der Waals surface area contributed by atoms with E-state index in [-0.39, 0.29) is 110 Å². The molecule has 1 aliphatic heterocycles. The van der Waals surface area contributed by atoms with E-state index in [1.54, 1.807) is 36.4 Å². The Kier molecular flexibility index (Phi) is 13.0. The van der Waals surface area contributed by atoms with Crippen LogP contribution in [-0.2, 0) is 4.74 Å². The number of hydrogen-bond acceptors (Lipinski definition) is 5. The van der Waals surface area contributed by atoms with E-state index in [2.05, 4.69) is 63.7 Å². The Balaban J connectivity index is 0.00000462. The Bertz CT molecular complexity index is 1610. The summed E-state index contributed by atoms with van der Waals surface area (Å²) >= 11 is 13.2. The first-order valence-electron chi connectivity index (χ1n) is 12.2.